The lowest BCUT2D eigenvalue weighted by Crippen LogP contribution is -2.31. The fraction of sp³-hybridized carbons (Fsp3) is 0.538. The molecule has 1 N–H and O–H groups in total. The van der Waals surface area contributed by atoms with Gasteiger partial charge in [-0.25, -0.2) is 0 Å². The molecule has 0 radical (unpaired) electrons. The van der Waals surface area contributed by atoms with Gasteiger partial charge in [-0.2, -0.15) is 13.2 Å². The lowest BCUT2D eigenvalue weighted by atomic mass is 9.90. The van der Waals surface area contributed by atoms with Crippen molar-refractivity contribution in [1.29, 1.82) is 0 Å². The van der Waals surface area contributed by atoms with E-state index < -0.39 is 11.7 Å². The van der Waals surface area contributed by atoms with Gasteiger partial charge in [0.25, 0.3) is 0 Å². The van der Waals surface area contributed by atoms with Crippen LogP contribution in [-0.4, -0.2) is 13.1 Å². The third-order valence-electron chi connectivity index (χ3n) is 3.32. The molecule has 0 spiro atoms. The lowest BCUT2D eigenvalue weighted by Gasteiger charge is -2.24. The molecule has 0 amide bonds. The molecule has 1 aromatic carbocycles. The number of hydrogen-bond donors (Lipinski definition) is 1. The smallest absolute Gasteiger partial charge is 0.316 e. The van der Waals surface area contributed by atoms with Crippen molar-refractivity contribution in [3.05, 3.63) is 34.3 Å². The first-order valence-corrected chi connectivity index (χ1v) is 6.41. The zero-order valence-electron chi connectivity index (χ0n) is 9.86. The van der Waals surface area contributed by atoms with E-state index in [9.17, 15) is 13.2 Å². The van der Waals surface area contributed by atoms with Crippen molar-refractivity contribution in [2.45, 2.75) is 25.4 Å². The van der Waals surface area contributed by atoms with Gasteiger partial charge in [0.2, 0.25) is 0 Å². The normalized spacial score (nSPS) is 21.0. The van der Waals surface area contributed by atoms with Gasteiger partial charge >= 0.3 is 6.18 Å². The molecule has 1 fully saturated rings. The van der Waals surface area contributed by atoms with Crippen LogP contribution in [-0.2, 0) is 12.6 Å². The minimum atomic E-state index is -4.33. The third-order valence-corrected chi connectivity index (χ3v) is 3.67. The zero-order chi connectivity index (χ0) is 13.2. The Morgan fingerprint density at radius 3 is 2.72 bits per heavy atom. The van der Waals surface area contributed by atoms with Crippen LogP contribution in [0.15, 0.2) is 18.2 Å². The van der Waals surface area contributed by atoms with Crippen molar-refractivity contribution in [2.24, 2.45) is 5.92 Å². The first kappa shape index (κ1) is 13.7. The molecular weight excluding hydrogens is 263 g/mol. The van der Waals surface area contributed by atoms with Crippen molar-refractivity contribution in [3.63, 3.8) is 0 Å². The van der Waals surface area contributed by atoms with E-state index >= 15 is 0 Å². The summed E-state index contributed by atoms with van der Waals surface area (Å²) in [6.07, 6.45) is -1.98. The van der Waals surface area contributed by atoms with Crippen molar-refractivity contribution >= 4 is 11.6 Å². The van der Waals surface area contributed by atoms with Gasteiger partial charge in [0.05, 0.1) is 5.56 Å². The molecule has 0 aliphatic carbocycles. The van der Waals surface area contributed by atoms with Gasteiger partial charge in [-0.05, 0) is 56.0 Å². The summed E-state index contributed by atoms with van der Waals surface area (Å²) in [7, 11) is 0. The highest BCUT2D eigenvalue weighted by Gasteiger charge is 2.34. The Hall–Kier alpha value is -0.740. The molecule has 1 saturated heterocycles. The van der Waals surface area contributed by atoms with Crippen LogP contribution in [0.5, 0.6) is 0 Å². The van der Waals surface area contributed by atoms with Gasteiger partial charge in [0.15, 0.2) is 0 Å². The number of halogens is 4. The van der Waals surface area contributed by atoms with Crippen molar-refractivity contribution in [2.75, 3.05) is 13.1 Å². The van der Waals surface area contributed by atoms with Crippen LogP contribution in [0.1, 0.15) is 24.0 Å². The van der Waals surface area contributed by atoms with E-state index in [0.717, 1.165) is 32.0 Å². The van der Waals surface area contributed by atoms with Gasteiger partial charge in [0, 0.05) is 5.02 Å². The third kappa shape index (κ3) is 3.18. The zero-order valence-corrected chi connectivity index (χ0v) is 10.6. The number of rotatable bonds is 2. The van der Waals surface area contributed by atoms with Crippen LogP contribution in [0.25, 0.3) is 0 Å². The van der Waals surface area contributed by atoms with Crippen molar-refractivity contribution in [1.82, 2.24) is 5.32 Å². The number of alkyl halides is 3. The lowest BCUT2D eigenvalue weighted by molar-refractivity contribution is -0.138. The Morgan fingerprint density at radius 1 is 1.33 bits per heavy atom. The summed E-state index contributed by atoms with van der Waals surface area (Å²) >= 11 is 5.93. The molecule has 0 aromatic heterocycles. The summed E-state index contributed by atoms with van der Waals surface area (Å²) in [5, 5.41) is 3.43. The minimum Gasteiger partial charge on any atom is -0.316 e. The first-order chi connectivity index (χ1) is 8.48. The second kappa shape index (κ2) is 5.49. The molecule has 2 rings (SSSR count). The van der Waals surface area contributed by atoms with E-state index in [0.29, 0.717) is 6.42 Å². The second-order valence-corrected chi connectivity index (χ2v) is 5.09. The Balaban J connectivity index is 2.25. The van der Waals surface area contributed by atoms with Crippen LogP contribution >= 0.6 is 11.6 Å². The summed E-state index contributed by atoms with van der Waals surface area (Å²) in [6.45, 7) is 1.72. The monoisotopic (exact) mass is 277 g/mol. The van der Waals surface area contributed by atoms with Crippen molar-refractivity contribution < 1.29 is 13.2 Å². The maximum Gasteiger partial charge on any atom is 0.416 e. The molecule has 1 aliphatic rings. The topological polar surface area (TPSA) is 12.0 Å². The molecule has 1 atom stereocenters. The Bertz CT molecular complexity index is 411. The molecule has 0 saturated carbocycles. The maximum atomic E-state index is 12.9. The van der Waals surface area contributed by atoms with Crippen molar-refractivity contribution in [3.8, 4) is 0 Å². The summed E-state index contributed by atoms with van der Waals surface area (Å²) in [4.78, 5) is 0. The molecule has 1 unspecified atom stereocenters. The fourth-order valence-electron chi connectivity index (χ4n) is 2.42. The van der Waals surface area contributed by atoms with E-state index in [1.807, 2.05) is 0 Å². The summed E-state index contributed by atoms with van der Waals surface area (Å²) in [6, 6.07) is 3.99. The first-order valence-electron chi connectivity index (χ1n) is 6.04. The number of piperidine rings is 1. The fourth-order valence-corrected chi connectivity index (χ4v) is 2.67. The standard InChI is InChI=1S/C13H15ClF3N/c14-12-5-1-4-11(13(15,16)17)10(12)7-9-3-2-6-18-8-9/h1,4-5,9,18H,2-3,6-8H2. The summed E-state index contributed by atoms with van der Waals surface area (Å²) in [5.41, 5.74) is -0.360. The average molecular weight is 278 g/mol. The van der Waals surface area contributed by atoms with E-state index in [1.165, 1.54) is 12.1 Å². The molecular formula is C13H15ClF3N. The maximum absolute atomic E-state index is 12.9. The second-order valence-electron chi connectivity index (χ2n) is 4.68. The Kier molecular flexibility index (Phi) is 4.17. The Labute approximate surface area is 109 Å². The molecule has 100 valence electrons. The number of benzene rings is 1. The predicted octanol–water partition coefficient (Wildman–Crippen LogP) is 3.90. The number of hydrogen-bond acceptors (Lipinski definition) is 1. The molecule has 1 nitrogen and oxygen atoms in total. The highest BCUT2D eigenvalue weighted by Crippen LogP contribution is 2.36. The molecule has 5 heteroatoms. The van der Waals surface area contributed by atoms with Gasteiger partial charge in [-0.1, -0.05) is 17.7 Å². The molecule has 1 aliphatic heterocycles. The van der Waals surface area contributed by atoms with Gasteiger partial charge in [-0.3, -0.25) is 0 Å². The predicted molar refractivity (Wildman–Crippen MR) is 65.8 cm³/mol. The quantitative estimate of drug-likeness (QED) is 0.864. The average Bonchev–Trinajstić information content (AvgIpc) is 2.32. The van der Waals surface area contributed by atoms with Crippen LogP contribution in [0.3, 0.4) is 0 Å². The summed E-state index contributed by atoms with van der Waals surface area (Å²) in [5.74, 6) is 0.236. The van der Waals surface area contributed by atoms with Crippen LogP contribution in [0, 0.1) is 5.92 Å². The molecule has 18 heavy (non-hydrogen) atoms. The number of nitrogens with one attached hydrogen (secondary N) is 1. The minimum absolute atomic E-state index is 0.218. The van der Waals surface area contributed by atoms with E-state index in [1.54, 1.807) is 0 Å². The van der Waals surface area contributed by atoms with E-state index in [2.05, 4.69) is 5.32 Å². The molecule has 1 heterocycles. The summed E-state index contributed by atoms with van der Waals surface area (Å²) < 4.78 is 38.7. The highest BCUT2D eigenvalue weighted by atomic mass is 35.5. The van der Waals surface area contributed by atoms with Gasteiger partial charge in [-0.15, -0.1) is 0 Å². The van der Waals surface area contributed by atoms with Crippen LogP contribution < -0.4 is 5.32 Å². The molecule has 0 bridgehead atoms. The van der Waals surface area contributed by atoms with Crippen LogP contribution in [0.4, 0.5) is 13.2 Å². The van der Waals surface area contributed by atoms with E-state index in [-0.39, 0.29) is 16.5 Å². The van der Waals surface area contributed by atoms with E-state index in [4.69, 9.17) is 11.6 Å². The highest BCUT2D eigenvalue weighted by molar-refractivity contribution is 6.31. The Morgan fingerprint density at radius 2 is 2.11 bits per heavy atom. The SMILES string of the molecule is FC(F)(F)c1cccc(Cl)c1CC1CCCNC1. The molecule has 1 aromatic rings. The largest absolute Gasteiger partial charge is 0.416 e. The van der Waals surface area contributed by atoms with Gasteiger partial charge < -0.3 is 5.32 Å². The van der Waals surface area contributed by atoms with Crippen LogP contribution in [0.2, 0.25) is 5.02 Å². The van der Waals surface area contributed by atoms with Gasteiger partial charge in [0.1, 0.15) is 0 Å².